The van der Waals surface area contributed by atoms with Gasteiger partial charge in [0.05, 0.1) is 17.2 Å². The van der Waals surface area contributed by atoms with E-state index in [4.69, 9.17) is 21.3 Å². The Bertz CT molecular complexity index is 1840. The van der Waals surface area contributed by atoms with Gasteiger partial charge >= 0.3 is 0 Å². The third-order valence-electron chi connectivity index (χ3n) is 7.61. The van der Waals surface area contributed by atoms with Crippen LogP contribution < -0.4 is 15.0 Å². The smallest absolute Gasteiger partial charge is 0.246 e. The zero-order valence-electron chi connectivity index (χ0n) is 22.3. The number of ether oxygens (including phenoxy) is 1. The van der Waals surface area contributed by atoms with E-state index >= 15 is 4.39 Å². The Morgan fingerprint density at radius 3 is 2.83 bits per heavy atom. The third-order valence-corrected chi connectivity index (χ3v) is 7.97. The summed E-state index contributed by atoms with van der Waals surface area (Å²) in [7, 11) is 0. The van der Waals surface area contributed by atoms with Gasteiger partial charge in [0, 0.05) is 31.9 Å². The highest BCUT2D eigenvalue weighted by Crippen LogP contribution is 2.39. The zero-order chi connectivity index (χ0) is 28.8. The van der Waals surface area contributed by atoms with Crippen LogP contribution in [0.4, 0.5) is 21.7 Å². The third kappa shape index (κ3) is 4.83. The van der Waals surface area contributed by atoms with Crippen LogP contribution in [0.5, 0.6) is 11.5 Å². The molecule has 13 heteroatoms. The number of carbonyl (C=O) groups excluding carboxylic acids is 1. The number of nitrogens with zero attached hydrogens (tertiary/aromatic N) is 8. The first-order valence-corrected chi connectivity index (χ1v) is 13.9. The van der Waals surface area contributed by atoms with E-state index in [-0.39, 0.29) is 28.4 Å². The maximum Gasteiger partial charge on any atom is 0.246 e. The van der Waals surface area contributed by atoms with Crippen molar-refractivity contribution in [1.29, 1.82) is 0 Å². The summed E-state index contributed by atoms with van der Waals surface area (Å²) in [5.41, 5.74) is 1.78. The lowest BCUT2D eigenvalue weighted by Gasteiger charge is -2.42. The van der Waals surface area contributed by atoms with Crippen molar-refractivity contribution in [3.63, 3.8) is 0 Å². The van der Waals surface area contributed by atoms with Crippen molar-refractivity contribution >= 4 is 51.5 Å². The van der Waals surface area contributed by atoms with Crippen LogP contribution in [-0.2, 0) is 4.79 Å². The molecule has 1 aromatic carbocycles. The van der Waals surface area contributed by atoms with Crippen LogP contribution in [0.15, 0.2) is 67.9 Å². The average molecular weight is 586 g/mol. The van der Waals surface area contributed by atoms with Crippen molar-refractivity contribution < 1.29 is 13.9 Å². The number of fused-ring (bicyclic) bond motifs is 2. The molecule has 0 radical (unpaired) electrons. The molecule has 1 aliphatic carbocycles. The van der Waals surface area contributed by atoms with Crippen LogP contribution in [0.3, 0.4) is 0 Å². The first-order chi connectivity index (χ1) is 20.5. The maximum absolute atomic E-state index is 15.5. The Morgan fingerprint density at radius 1 is 1.12 bits per heavy atom. The summed E-state index contributed by atoms with van der Waals surface area (Å²) in [4.78, 5) is 34.2. The highest BCUT2D eigenvalue weighted by Gasteiger charge is 2.40. The topological polar surface area (TPSA) is 114 Å². The van der Waals surface area contributed by atoms with Gasteiger partial charge in [-0.2, -0.15) is 5.10 Å². The molecule has 0 spiro atoms. The zero-order valence-corrected chi connectivity index (χ0v) is 23.1. The Morgan fingerprint density at radius 2 is 2.00 bits per heavy atom. The first kappa shape index (κ1) is 26.1. The van der Waals surface area contributed by atoms with E-state index in [2.05, 4.69) is 36.8 Å². The largest absolute Gasteiger partial charge is 0.455 e. The lowest BCUT2D eigenvalue weighted by Crippen LogP contribution is -2.56. The summed E-state index contributed by atoms with van der Waals surface area (Å²) in [6.45, 7) is 5.56. The van der Waals surface area contributed by atoms with Gasteiger partial charge < -0.3 is 19.9 Å². The lowest BCUT2D eigenvalue weighted by molar-refractivity contribution is -0.129. The SMILES string of the molecule is C=CC(=O)N1CCN(c2ccc3ncnc(Nc4ccc(Oc5ccn6ncnc6c5)c(Cl)c4F)c3n2)CC1C1CC1. The summed E-state index contributed by atoms with van der Waals surface area (Å²) >= 11 is 6.38. The molecule has 4 aromatic heterocycles. The monoisotopic (exact) mass is 585 g/mol. The number of carbonyl (C=O) groups is 1. The van der Waals surface area contributed by atoms with E-state index in [0.717, 1.165) is 18.7 Å². The Labute approximate surface area is 244 Å². The molecular formula is C29H25ClFN9O2. The molecule has 2 fully saturated rings. The predicted molar refractivity (Wildman–Crippen MR) is 156 cm³/mol. The van der Waals surface area contributed by atoms with E-state index in [0.29, 0.717) is 53.8 Å². The number of anilines is 3. The van der Waals surface area contributed by atoms with Crippen molar-refractivity contribution in [3.05, 3.63) is 78.7 Å². The number of hydrogen-bond acceptors (Lipinski definition) is 9. The average Bonchev–Trinajstić information content (AvgIpc) is 3.77. The van der Waals surface area contributed by atoms with Crippen molar-refractivity contribution in [3.8, 4) is 11.5 Å². The number of aromatic nitrogens is 6. The quantitative estimate of drug-likeness (QED) is 0.263. The molecule has 1 atom stereocenters. The number of halogens is 2. The van der Waals surface area contributed by atoms with Crippen LogP contribution >= 0.6 is 11.6 Å². The van der Waals surface area contributed by atoms with Gasteiger partial charge in [-0.3, -0.25) is 4.79 Å². The fourth-order valence-electron chi connectivity index (χ4n) is 5.31. The first-order valence-electron chi connectivity index (χ1n) is 13.5. The van der Waals surface area contributed by atoms with Crippen LogP contribution in [0.1, 0.15) is 12.8 Å². The predicted octanol–water partition coefficient (Wildman–Crippen LogP) is 5.01. The number of pyridine rings is 2. The molecule has 0 bridgehead atoms. The van der Waals surface area contributed by atoms with Crippen molar-refractivity contribution in [1.82, 2.24) is 34.4 Å². The summed E-state index contributed by atoms with van der Waals surface area (Å²) < 4.78 is 22.9. The number of piperazine rings is 1. The molecule has 1 saturated heterocycles. The minimum absolute atomic E-state index is 0.0357. The molecular weight excluding hydrogens is 561 g/mol. The van der Waals surface area contributed by atoms with Crippen LogP contribution in [0.25, 0.3) is 16.7 Å². The fourth-order valence-corrected chi connectivity index (χ4v) is 5.52. The Hall–Kier alpha value is -4.84. The van der Waals surface area contributed by atoms with E-state index in [1.807, 2.05) is 17.0 Å². The molecule has 2 aliphatic rings. The molecule has 1 N–H and O–H groups in total. The lowest BCUT2D eigenvalue weighted by atomic mass is 10.1. The standard InChI is InChI=1S/C29H25ClFN9O2/c1-2-25(41)39-12-11-38(14-21(39)17-3-4-17)23-8-6-20-28(37-23)29(34-15-32-20)36-19-5-7-22(26(30)27(19)31)42-18-9-10-40-24(13-18)33-16-35-40/h2,5-10,13,15-17,21H,1,3-4,11-12,14H2,(H,32,34,36). The number of hydrogen-bond donors (Lipinski definition) is 1. The molecule has 1 saturated carbocycles. The van der Waals surface area contributed by atoms with Crippen LogP contribution in [0, 0.1) is 11.7 Å². The van der Waals surface area contributed by atoms with E-state index in [9.17, 15) is 4.79 Å². The second-order valence-corrected chi connectivity index (χ2v) is 10.6. The summed E-state index contributed by atoms with van der Waals surface area (Å²) in [6.07, 6.45) is 8.12. The number of amides is 1. The van der Waals surface area contributed by atoms with Crippen LogP contribution in [0.2, 0.25) is 5.02 Å². The number of rotatable bonds is 7. The van der Waals surface area contributed by atoms with E-state index in [1.54, 1.807) is 28.9 Å². The van der Waals surface area contributed by atoms with E-state index < -0.39 is 5.82 Å². The molecule has 5 aromatic rings. The summed E-state index contributed by atoms with van der Waals surface area (Å²) in [5.74, 6) is 1.42. The molecule has 42 heavy (non-hydrogen) atoms. The second-order valence-electron chi connectivity index (χ2n) is 10.2. The van der Waals surface area contributed by atoms with Gasteiger partial charge in [-0.25, -0.2) is 28.8 Å². The molecule has 1 unspecified atom stereocenters. The molecule has 1 amide bonds. The van der Waals surface area contributed by atoms with Gasteiger partial charge in [-0.15, -0.1) is 0 Å². The van der Waals surface area contributed by atoms with Crippen LogP contribution in [-0.4, -0.2) is 66.0 Å². The normalized spacial score (nSPS) is 17.0. The number of benzene rings is 1. The van der Waals surface area contributed by atoms with Gasteiger partial charge in [-0.1, -0.05) is 18.2 Å². The minimum atomic E-state index is -0.698. The van der Waals surface area contributed by atoms with Gasteiger partial charge in [0.25, 0.3) is 0 Å². The van der Waals surface area contributed by atoms with Gasteiger partial charge in [-0.05, 0) is 55.2 Å². The Balaban J connectivity index is 1.14. The highest BCUT2D eigenvalue weighted by molar-refractivity contribution is 6.32. The minimum Gasteiger partial charge on any atom is -0.455 e. The van der Waals surface area contributed by atoms with Gasteiger partial charge in [0.15, 0.2) is 17.3 Å². The molecule has 212 valence electrons. The van der Waals surface area contributed by atoms with Crippen molar-refractivity contribution in [2.75, 3.05) is 29.9 Å². The second kappa shape index (κ2) is 10.5. The summed E-state index contributed by atoms with van der Waals surface area (Å²) in [6, 6.07) is 10.3. The number of nitrogens with one attached hydrogen (secondary N) is 1. The maximum atomic E-state index is 15.5. The van der Waals surface area contributed by atoms with Crippen molar-refractivity contribution in [2.24, 2.45) is 5.92 Å². The molecule has 1 aliphatic heterocycles. The fraction of sp³-hybridized carbons (Fsp3) is 0.241. The van der Waals surface area contributed by atoms with E-state index in [1.165, 1.54) is 24.8 Å². The van der Waals surface area contributed by atoms with Gasteiger partial charge in [0.2, 0.25) is 5.91 Å². The molecule has 5 heterocycles. The highest BCUT2D eigenvalue weighted by atomic mass is 35.5. The Kier molecular flexibility index (Phi) is 6.54. The molecule has 7 rings (SSSR count). The summed E-state index contributed by atoms with van der Waals surface area (Å²) in [5, 5.41) is 6.89. The van der Waals surface area contributed by atoms with Gasteiger partial charge in [0.1, 0.15) is 40.5 Å². The molecule has 11 nitrogen and oxygen atoms in total. The van der Waals surface area contributed by atoms with Crippen molar-refractivity contribution in [2.45, 2.75) is 18.9 Å².